The fraction of sp³-hybridized carbons (Fsp3) is 0. The summed E-state index contributed by atoms with van der Waals surface area (Å²) in [6.07, 6.45) is 1.40. The lowest BCUT2D eigenvalue weighted by Crippen LogP contribution is -2.19. The first-order valence-corrected chi connectivity index (χ1v) is 5.98. The number of anilines is 2. The van der Waals surface area contributed by atoms with Crippen molar-refractivity contribution in [2.75, 3.05) is 10.6 Å². The summed E-state index contributed by atoms with van der Waals surface area (Å²) in [5, 5.41) is 19.7. The van der Waals surface area contributed by atoms with Crippen molar-refractivity contribution in [3.8, 4) is 0 Å². The number of carboxylic acid groups (broad SMARTS) is 1. The molecular formula is C8H6N4O3S2. The van der Waals surface area contributed by atoms with Gasteiger partial charge in [0.05, 0.1) is 11.8 Å². The highest BCUT2D eigenvalue weighted by Crippen LogP contribution is 2.23. The number of hydrogen-bond acceptors (Lipinski definition) is 6. The first kappa shape index (κ1) is 11.5. The summed E-state index contributed by atoms with van der Waals surface area (Å²) < 4.78 is 3.58. The summed E-state index contributed by atoms with van der Waals surface area (Å²) in [4.78, 5) is 22.3. The minimum absolute atomic E-state index is 0.0626. The highest BCUT2D eigenvalue weighted by Gasteiger charge is 2.14. The van der Waals surface area contributed by atoms with Crippen molar-refractivity contribution >= 4 is 44.9 Å². The number of carbonyl (C=O) groups is 2. The zero-order valence-corrected chi connectivity index (χ0v) is 9.84. The molecule has 9 heteroatoms. The number of amides is 2. The van der Waals surface area contributed by atoms with Crippen molar-refractivity contribution in [1.29, 1.82) is 0 Å². The van der Waals surface area contributed by atoms with Gasteiger partial charge in [-0.15, -0.1) is 16.4 Å². The average Bonchev–Trinajstić information content (AvgIpc) is 2.88. The van der Waals surface area contributed by atoms with E-state index < -0.39 is 12.0 Å². The summed E-state index contributed by atoms with van der Waals surface area (Å²) >= 11 is 2.17. The van der Waals surface area contributed by atoms with Gasteiger partial charge in [-0.1, -0.05) is 4.49 Å². The van der Waals surface area contributed by atoms with Gasteiger partial charge in [-0.05, 0) is 11.4 Å². The maximum atomic E-state index is 11.5. The molecule has 0 aromatic carbocycles. The Morgan fingerprint density at radius 3 is 2.82 bits per heavy atom. The van der Waals surface area contributed by atoms with E-state index in [1.54, 1.807) is 5.38 Å². The minimum atomic E-state index is -1.08. The Balaban J connectivity index is 2.03. The van der Waals surface area contributed by atoms with Crippen molar-refractivity contribution in [2.24, 2.45) is 0 Å². The Morgan fingerprint density at radius 1 is 1.35 bits per heavy atom. The summed E-state index contributed by atoms with van der Waals surface area (Å²) in [6, 6.07) is 0.901. The molecule has 2 heterocycles. The van der Waals surface area contributed by atoms with Crippen LogP contribution in [0, 0.1) is 0 Å². The smallest absolute Gasteiger partial charge is 0.338 e. The second-order valence-electron chi connectivity index (χ2n) is 2.83. The molecule has 2 aromatic rings. The van der Waals surface area contributed by atoms with Crippen molar-refractivity contribution in [1.82, 2.24) is 9.59 Å². The molecule has 0 aliphatic heterocycles. The third kappa shape index (κ3) is 2.77. The molecule has 0 aliphatic carbocycles. The number of hydrogen-bond donors (Lipinski definition) is 3. The lowest BCUT2D eigenvalue weighted by molar-refractivity contribution is 0.0698. The Hall–Kier alpha value is -2.00. The average molecular weight is 270 g/mol. The lowest BCUT2D eigenvalue weighted by Gasteiger charge is -2.03. The third-order valence-corrected chi connectivity index (χ3v) is 3.13. The number of rotatable bonds is 3. The number of nitrogens with zero attached hydrogens (tertiary/aromatic N) is 2. The number of aromatic carboxylic acids is 1. The minimum Gasteiger partial charge on any atom is -0.478 e. The summed E-state index contributed by atoms with van der Waals surface area (Å²) in [7, 11) is 0. The van der Waals surface area contributed by atoms with E-state index in [1.807, 2.05) is 0 Å². The van der Waals surface area contributed by atoms with E-state index in [4.69, 9.17) is 5.11 Å². The molecule has 0 saturated carbocycles. The van der Waals surface area contributed by atoms with Crippen LogP contribution in [0.4, 0.5) is 14.8 Å². The van der Waals surface area contributed by atoms with Crippen molar-refractivity contribution in [2.45, 2.75) is 0 Å². The van der Waals surface area contributed by atoms with Gasteiger partial charge in [-0.25, -0.2) is 9.59 Å². The van der Waals surface area contributed by atoms with Crippen LogP contribution in [0.1, 0.15) is 10.4 Å². The van der Waals surface area contributed by atoms with Crippen molar-refractivity contribution in [3.05, 3.63) is 23.2 Å². The second kappa shape index (κ2) is 4.89. The zero-order valence-electron chi connectivity index (χ0n) is 8.21. The number of urea groups is 1. The Bertz CT molecular complexity index is 537. The van der Waals surface area contributed by atoms with Crippen LogP contribution in [0.25, 0.3) is 0 Å². The number of nitrogens with one attached hydrogen (secondary N) is 2. The van der Waals surface area contributed by atoms with Crippen LogP contribution in [0.2, 0.25) is 0 Å². The number of carbonyl (C=O) groups excluding carboxylic acids is 1. The van der Waals surface area contributed by atoms with E-state index in [2.05, 4.69) is 20.2 Å². The maximum Gasteiger partial charge on any atom is 0.338 e. The first-order valence-electron chi connectivity index (χ1n) is 4.33. The molecular weight excluding hydrogens is 264 g/mol. The van der Waals surface area contributed by atoms with E-state index in [0.717, 1.165) is 22.9 Å². The van der Waals surface area contributed by atoms with Crippen LogP contribution in [0.3, 0.4) is 0 Å². The van der Waals surface area contributed by atoms with Gasteiger partial charge in [0.1, 0.15) is 10.0 Å². The van der Waals surface area contributed by atoms with Gasteiger partial charge in [-0.2, -0.15) is 0 Å². The van der Waals surface area contributed by atoms with Gasteiger partial charge in [0.25, 0.3) is 0 Å². The van der Waals surface area contributed by atoms with Gasteiger partial charge in [0.15, 0.2) is 0 Å². The molecule has 2 amide bonds. The number of aromatic nitrogens is 2. The van der Waals surface area contributed by atoms with E-state index in [0.29, 0.717) is 5.00 Å². The number of thiophene rings is 1. The van der Waals surface area contributed by atoms with Gasteiger partial charge in [0, 0.05) is 11.5 Å². The van der Waals surface area contributed by atoms with Gasteiger partial charge >= 0.3 is 12.0 Å². The fourth-order valence-electron chi connectivity index (χ4n) is 1.04. The molecule has 0 spiro atoms. The molecule has 2 aromatic heterocycles. The van der Waals surface area contributed by atoms with Gasteiger partial charge in [-0.3, -0.25) is 10.6 Å². The van der Waals surface area contributed by atoms with E-state index in [-0.39, 0.29) is 10.6 Å². The Labute approximate surface area is 103 Å². The normalized spacial score (nSPS) is 9.88. The Morgan fingerprint density at radius 2 is 2.18 bits per heavy atom. The van der Waals surface area contributed by atoms with Crippen LogP contribution in [0.5, 0.6) is 0 Å². The van der Waals surface area contributed by atoms with Crippen LogP contribution in [-0.4, -0.2) is 26.7 Å². The molecule has 0 unspecified atom stereocenters. The van der Waals surface area contributed by atoms with E-state index in [9.17, 15) is 9.59 Å². The number of carboxylic acids is 1. The van der Waals surface area contributed by atoms with Crippen LogP contribution < -0.4 is 10.6 Å². The van der Waals surface area contributed by atoms with E-state index >= 15 is 0 Å². The third-order valence-electron chi connectivity index (χ3n) is 1.72. The first-order chi connectivity index (χ1) is 8.16. The lowest BCUT2D eigenvalue weighted by atomic mass is 10.3. The molecule has 0 atom stereocenters. The van der Waals surface area contributed by atoms with Crippen molar-refractivity contribution < 1.29 is 14.7 Å². The molecule has 0 saturated heterocycles. The standard InChI is InChI=1S/C8H6N4O3S2/c13-7(14)4-1-2-16-6(4)11-8(15)10-5-3-9-12-17-5/h1-3H,(H,13,14)(H2,10,11,15). The quantitative estimate of drug-likeness (QED) is 0.790. The van der Waals surface area contributed by atoms with Crippen LogP contribution in [-0.2, 0) is 0 Å². The molecule has 17 heavy (non-hydrogen) atoms. The predicted octanol–water partition coefficient (Wildman–Crippen LogP) is 1.94. The molecule has 0 fully saturated rings. The maximum absolute atomic E-state index is 11.5. The molecule has 0 bridgehead atoms. The van der Waals surface area contributed by atoms with Crippen molar-refractivity contribution in [3.63, 3.8) is 0 Å². The van der Waals surface area contributed by atoms with Gasteiger partial charge in [0.2, 0.25) is 0 Å². The SMILES string of the molecule is O=C(Nc1cnns1)Nc1sccc1C(=O)O. The van der Waals surface area contributed by atoms with Crippen LogP contribution >= 0.6 is 22.9 Å². The topological polar surface area (TPSA) is 104 Å². The van der Waals surface area contributed by atoms with E-state index in [1.165, 1.54) is 12.3 Å². The highest BCUT2D eigenvalue weighted by molar-refractivity contribution is 7.14. The van der Waals surface area contributed by atoms with Crippen LogP contribution in [0.15, 0.2) is 17.6 Å². The van der Waals surface area contributed by atoms with Gasteiger partial charge < -0.3 is 5.11 Å². The second-order valence-corrected chi connectivity index (χ2v) is 4.53. The predicted molar refractivity (Wildman–Crippen MR) is 63.8 cm³/mol. The molecule has 0 radical (unpaired) electrons. The zero-order chi connectivity index (χ0) is 12.3. The molecule has 7 nitrogen and oxygen atoms in total. The molecule has 2 rings (SSSR count). The largest absolute Gasteiger partial charge is 0.478 e. The Kier molecular flexibility index (Phi) is 3.30. The monoisotopic (exact) mass is 270 g/mol. The molecule has 0 aliphatic rings. The summed E-state index contributed by atoms with van der Waals surface area (Å²) in [5.74, 6) is -1.08. The molecule has 88 valence electrons. The summed E-state index contributed by atoms with van der Waals surface area (Å²) in [5.41, 5.74) is 0.0626. The summed E-state index contributed by atoms with van der Waals surface area (Å²) in [6.45, 7) is 0. The molecule has 3 N–H and O–H groups in total. The fourth-order valence-corrected chi connectivity index (χ4v) is 2.23. The highest BCUT2D eigenvalue weighted by atomic mass is 32.1.